The zero-order valence-electron chi connectivity index (χ0n) is 38.4. The molecule has 5 heterocycles. The van der Waals surface area contributed by atoms with E-state index in [0.29, 0.717) is 0 Å². The van der Waals surface area contributed by atoms with Crippen LogP contribution in [0.3, 0.4) is 0 Å². The van der Waals surface area contributed by atoms with Crippen LogP contribution < -0.4 is 15.7 Å². The van der Waals surface area contributed by atoms with Gasteiger partial charge in [0.05, 0.1) is 32.5 Å². The summed E-state index contributed by atoms with van der Waals surface area (Å²) in [7, 11) is 0. The number of aromatic nitrogens is 2. The first-order chi connectivity index (χ1) is 35.2. The van der Waals surface area contributed by atoms with Crippen LogP contribution in [0.25, 0.3) is 120 Å². The minimum atomic E-state index is -0.173. The van der Waals surface area contributed by atoms with Gasteiger partial charge in [0.1, 0.15) is 0 Å². The number of hydrogen-bond donors (Lipinski definition) is 0. The van der Waals surface area contributed by atoms with Gasteiger partial charge in [0.15, 0.2) is 0 Å². The second-order valence-corrected chi connectivity index (χ2v) is 20.2. The largest absolute Gasteiger partial charge is 0.376 e. The lowest BCUT2D eigenvalue weighted by Gasteiger charge is -2.42. The van der Waals surface area contributed by atoms with Crippen molar-refractivity contribution in [3.05, 3.63) is 243 Å². The van der Waals surface area contributed by atoms with Gasteiger partial charge >= 0.3 is 6.85 Å². The van der Waals surface area contributed by atoms with E-state index in [-0.39, 0.29) is 6.85 Å². The number of rotatable bonds is 5. The third-order valence-corrected chi connectivity index (χ3v) is 16.6. The normalized spacial score (nSPS) is 12.7. The molecule has 328 valence electrons. The lowest BCUT2D eigenvalue weighted by atomic mass is 9.43. The van der Waals surface area contributed by atoms with E-state index in [1.54, 1.807) is 0 Å². The van der Waals surface area contributed by atoms with Crippen LogP contribution in [0.1, 0.15) is 0 Å². The van der Waals surface area contributed by atoms with Gasteiger partial charge in [-0.3, -0.25) is 0 Å². The molecule has 0 saturated heterocycles. The fraction of sp³-hybridized carbons (Fsp3) is 0. The quantitative estimate of drug-likeness (QED) is 0.157. The molecule has 2 aliphatic rings. The Kier molecular flexibility index (Phi) is 8.13. The van der Waals surface area contributed by atoms with Gasteiger partial charge in [-0.15, -0.1) is 11.3 Å². The molecule has 0 atom stereocenters. The molecule has 0 radical (unpaired) electrons. The maximum Gasteiger partial charge on any atom is 0.333 e. The third-order valence-electron chi connectivity index (χ3n) is 15.4. The molecule has 3 nitrogen and oxygen atoms in total. The summed E-state index contributed by atoms with van der Waals surface area (Å²) < 4.78 is 7.82. The molecule has 2 aliphatic heterocycles. The zero-order chi connectivity index (χ0) is 46.3. The van der Waals surface area contributed by atoms with Gasteiger partial charge in [0.2, 0.25) is 0 Å². The van der Waals surface area contributed by atoms with Gasteiger partial charge in [-0.25, -0.2) is 0 Å². The first kappa shape index (κ1) is 39.0. The monoisotopic (exact) mass is 917 g/mol. The Hall–Kier alpha value is -8.90. The van der Waals surface area contributed by atoms with E-state index in [4.69, 9.17) is 0 Å². The van der Waals surface area contributed by atoms with Crippen molar-refractivity contribution in [3.8, 4) is 55.9 Å². The Morgan fingerprint density at radius 2 is 0.944 bits per heavy atom. The van der Waals surface area contributed by atoms with Gasteiger partial charge in [-0.1, -0.05) is 176 Å². The Labute approximate surface area is 414 Å². The Balaban J connectivity index is 1.12. The summed E-state index contributed by atoms with van der Waals surface area (Å²) in [5.74, 6) is 0. The van der Waals surface area contributed by atoms with Gasteiger partial charge in [-0.2, -0.15) is 0 Å². The zero-order valence-corrected chi connectivity index (χ0v) is 39.2. The SMILES string of the molecule is c1ccc(-c2ccc(N3B4c5c(cc6c(sc7ccccc76)c5-n5c6ccc(-c7ccccc7)cc6c6cc(-c7ccccc7)cc4c65)-c4c3ccc3c5ccccc5n(-c5ccccc5)c43)cc2)cc1. The number of benzene rings is 11. The minimum absolute atomic E-state index is 0.173. The summed E-state index contributed by atoms with van der Waals surface area (Å²) in [5, 5.41) is 7.61. The molecule has 5 heteroatoms. The molecule has 0 bridgehead atoms. The van der Waals surface area contributed by atoms with Crippen molar-refractivity contribution in [2.45, 2.75) is 0 Å². The molecule has 0 N–H and O–H groups in total. The highest BCUT2D eigenvalue weighted by atomic mass is 32.1. The lowest BCUT2D eigenvalue weighted by Crippen LogP contribution is -2.60. The van der Waals surface area contributed by atoms with Crippen LogP contribution in [0.2, 0.25) is 0 Å². The summed E-state index contributed by atoms with van der Waals surface area (Å²) in [5.41, 5.74) is 22.1. The van der Waals surface area contributed by atoms with E-state index in [1.807, 2.05) is 11.3 Å². The van der Waals surface area contributed by atoms with Crippen molar-refractivity contribution in [1.82, 2.24) is 9.13 Å². The minimum Gasteiger partial charge on any atom is -0.376 e. The summed E-state index contributed by atoms with van der Waals surface area (Å²) in [6.45, 7) is -0.173. The number of thiophene rings is 1. The summed E-state index contributed by atoms with van der Waals surface area (Å²) in [6, 6.07) is 90.5. The van der Waals surface area contributed by atoms with Crippen LogP contribution in [0, 0.1) is 0 Å². The maximum atomic E-state index is 2.70. The standard InChI is InChI=1S/C66H40BN3S/c1-5-17-41(18-6-1)44-29-32-48(33-30-44)70-59-36-34-51-49-25-13-15-27-57(49)68(47-23-11-4-12-24-47)64(51)61(59)55-40-54-50-26-14-16-28-60(50)71-66(54)65-62(55)67(70)56-39-46(43-21-9-3-10-22-43)38-53-52-37-45(42-19-7-2-8-20-42)31-35-58(52)69(65)63(53)56/h1-40H. The molecule has 0 unspecified atom stereocenters. The second kappa shape index (κ2) is 14.8. The topological polar surface area (TPSA) is 13.1 Å². The lowest BCUT2D eigenvalue weighted by molar-refractivity contribution is 1.18. The maximum absolute atomic E-state index is 2.70. The fourth-order valence-corrected chi connectivity index (χ4v) is 13.7. The van der Waals surface area contributed by atoms with Gasteiger partial charge in [0, 0.05) is 59.6 Å². The van der Waals surface area contributed by atoms with Crippen LogP contribution in [-0.4, -0.2) is 16.0 Å². The smallest absolute Gasteiger partial charge is 0.333 e. The van der Waals surface area contributed by atoms with Crippen molar-refractivity contribution in [2.75, 3.05) is 4.81 Å². The number of fused-ring (bicyclic) bond motifs is 15. The summed E-state index contributed by atoms with van der Waals surface area (Å²) >= 11 is 1.93. The van der Waals surface area contributed by atoms with Gasteiger partial charge in [0.25, 0.3) is 0 Å². The van der Waals surface area contributed by atoms with Crippen LogP contribution in [0.5, 0.6) is 0 Å². The molecule has 0 fully saturated rings. The molecular formula is C66H40BN3S. The van der Waals surface area contributed by atoms with E-state index >= 15 is 0 Å². The van der Waals surface area contributed by atoms with Gasteiger partial charge in [-0.05, 0) is 117 Å². The van der Waals surface area contributed by atoms with E-state index in [1.165, 1.54) is 131 Å². The van der Waals surface area contributed by atoms with Crippen LogP contribution in [0.4, 0.5) is 11.4 Å². The fourth-order valence-electron chi connectivity index (χ4n) is 12.4. The number of hydrogen-bond acceptors (Lipinski definition) is 2. The molecule has 0 amide bonds. The molecular weight excluding hydrogens is 878 g/mol. The Bertz CT molecular complexity index is 4500. The highest BCUT2D eigenvalue weighted by molar-refractivity contribution is 7.26. The highest BCUT2D eigenvalue weighted by Gasteiger charge is 2.46. The predicted octanol–water partition coefficient (Wildman–Crippen LogP) is 16.5. The van der Waals surface area contributed by atoms with E-state index in [9.17, 15) is 0 Å². The predicted molar refractivity (Wildman–Crippen MR) is 303 cm³/mol. The molecule has 71 heavy (non-hydrogen) atoms. The van der Waals surface area contributed by atoms with Crippen LogP contribution in [0.15, 0.2) is 243 Å². The average molecular weight is 918 g/mol. The van der Waals surface area contributed by atoms with Crippen LogP contribution in [-0.2, 0) is 0 Å². The molecule has 16 rings (SSSR count). The van der Waals surface area contributed by atoms with Crippen molar-refractivity contribution >= 4 is 104 Å². The van der Waals surface area contributed by atoms with Crippen molar-refractivity contribution < 1.29 is 0 Å². The second-order valence-electron chi connectivity index (χ2n) is 19.2. The average Bonchev–Trinajstić information content (AvgIpc) is 4.11. The summed E-state index contributed by atoms with van der Waals surface area (Å²) in [6.07, 6.45) is 0. The van der Waals surface area contributed by atoms with E-state index in [2.05, 4.69) is 257 Å². The Morgan fingerprint density at radius 1 is 0.352 bits per heavy atom. The molecule has 14 aromatic rings. The van der Waals surface area contributed by atoms with Crippen molar-refractivity contribution in [2.24, 2.45) is 0 Å². The number of anilines is 2. The van der Waals surface area contributed by atoms with E-state index in [0.717, 1.165) is 11.4 Å². The first-order valence-electron chi connectivity index (χ1n) is 24.5. The molecule has 11 aromatic carbocycles. The molecule has 0 aliphatic carbocycles. The Morgan fingerprint density at radius 3 is 1.69 bits per heavy atom. The van der Waals surface area contributed by atoms with Crippen LogP contribution >= 0.6 is 11.3 Å². The highest BCUT2D eigenvalue weighted by Crippen LogP contribution is 2.53. The van der Waals surface area contributed by atoms with E-state index < -0.39 is 0 Å². The van der Waals surface area contributed by atoms with Crippen molar-refractivity contribution in [3.63, 3.8) is 0 Å². The third kappa shape index (κ3) is 5.49. The van der Waals surface area contributed by atoms with Crippen molar-refractivity contribution in [1.29, 1.82) is 0 Å². The molecule has 0 saturated carbocycles. The molecule has 3 aromatic heterocycles. The first-order valence-corrected chi connectivity index (χ1v) is 25.3. The number of nitrogens with zero attached hydrogens (tertiary/aromatic N) is 3. The molecule has 0 spiro atoms. The van der Waals surface area contributed by atoms with Gasteiger partial charge < -0.3 is 13.9 Å². The number of para-hydroxylation sites is 2. The summed E-state index contributed by atoms with van der Waals surface area (Å²) in [4.78, 5) is 2.70.